The van der Waals surface area contributed by atoms with Gasteiger partial charge in [0.2, 0.25) is 5.91 Å². The van der Waals surface area contributed by atoms with E-state index in [2.05, 4.69) is 21.0 Å². The molecule has 0 aliphatic carbocycles. The van der Waals surface area contributed by atoms with E-state index in [1.54, 1.807) is 16.9 Å². The van der Waals surface area contributed by atoms with Crippen LogP contribution in [0.15, 0.2) is 42.6 Å². The fourth-order valence-electron chi connectivity index (χ4n) is 2.13. The maximum absolute atomic E-state index is 11.8. The molecule has 1 aromatic heterocycles. The van der Waals surface area contributed by atoms with Crippen molar-refractivity contribution in [2.45, 2.75) is 32.9 Å². The molecule has 0 spiro atoms. The zero-order chi connectivity index (χ0) is 17.4. The first-order chi connectivity index (χ1) is 11.5. The van der Waals surface area contributed by atoms with Gasteiger partial charge in [-0.05, 0) is 19.4 Å². The van der Waals surface area contributed by atoms with E-state index < -0.39 is 0 Å². The summed E-state index contributed by atoms with van der Waals surface area (Å²) in [4.78, 5) is 23.3. The Morgan fingerprint density at radius 1 is 1.17 bits per heavy atom. The molecule has 0 aliphatic heterocycles. The molecule has 2 aromatic rings. The Balaban J connectivity index is 1.73. The lowest BCUT2D eigenvalue weighted by Gasteiger charge is -2.09. The minimum atomic E-state index is -0.377. The van der Waals surface area contributed by atoms with Gasteiger partial charge in [-0.1, -0.05) is 30.3 Å². The predicted octanol–water partition coefficient (Wildman–Crippen LogP) is 1.97. The summed E-state index contributed by atoms with van der Waals surface area (Å²) in [6.45, 7) is 4.70. The highest BCUT2D eigenvalue weighted by molar-refractivity contribution is 5.88. The number of amides is 3. The number of anilines is 1. The first-order valence-electron chi connectivity index (χ1n) is 7.94. The second kappa shape index (κ2) is 8.71. The highest BCUT2D eigenvalue weighted by Gasteiger charge is 2.07. The second-order valence-corrected chi connectivity index (χ2v) is 5.74. The number of aromatic nitrogens is 2. The molecule has 0 saturated heterocycles. The number of rotatable bonds is 7. The lowest BCUT2D eigenvalue weighted by atomic mass is 10.2. The molecule has 1 heterocycles. The molecule has 0 radical (unpaired) electrons. The number of hydrogen-bond acceptors (Lipinski definition) is 3. The Labute approximate surface area is 141 Å². The van der Waals surface area contributed by atoms with E-state index in [4.69, 9.17) is 0 Å². The van der Waals surface area contributed by atoms with Gasteiger partial charge in [-0.3, -0.25) is 14.8 Å². The van der Waals surface area contributed by atoms with Crippen molar-refractivity contribution in [3.8, 4) is 0 Å². The molecule has 24 heavy (non-hydrogen) atoms. The molecular weight excluding hydrogens is 306 g/mol. The molecule has 1 aromatic carbocycles. The molecule has 0 aliphatic rings. The summed E-state index contributed by atoms with van der Waals surface area (Å²) in [5.41, 5.74) is 1.13. The first kappa shape index (κ1) is 17.5. The van der Waals surface area contributed by atoms with E-state index in [0.717, 1.165) is 5.56 Å². The molecule has 2 rings (SSSR count). The van der Waals surface area contributed by atoms with E-state index in [1.165, 1.54) is 0 Å². The second-order valence-electron chi connectivity index (χ2n) is 5.74. The highest BCUT2D eigenvalue weighted by atomic mass is 16.2. The van der Waals surface area contributed by atoms with Gasteiger partial charge in [0.05, 0.1) is 6.54 Å². The molecule has 0 bridgehead atoms. The van der Waals surface area contributed by atoms with Gasteiger partial charge in [0.25, 0.3) is 0 Å². The van der Waals surface area contributed by atoms with Gasteiger partial charge in [0.15, 0.2) is 5.82 Å². The Bertz CT molecular complexity index is 667. The summed E-state index contributed by atoms with van der Waals surface area (Å²) in [6.07, 6.45) is 2.05. The quantitative estimate of drug-likeness (QED) is 0.725. The zero-order valence-corrected chi connectivity index (χ0v) is 14.0. The van der Waals surface area contributed by atoms with Crippen LogP contribution < -0.4 is 16.0 Å². The van der Waals surface area contributed by atoms with Crippen molar-refractivity contribution in [2.24, 2.45) is 0 Å². The van der Waals surface area contributed by atoms with Gasteiger partial charge in [-0.15, -0.1) is 0 Å². The molecule has 0 unspecified atom stereocenters. The molecular formula is C17H23N5O2. The van der Waals surface area contributed by atoms with Gasteiger partial charge in [-0.2, -0.15) is 5.10 Å². The van der Waals surface area contributed by atoms with Crippen LogP contribution in [0, 0.1) is 0 Å². The van der Waals surface area contributed by atoms with Crippen LogP contribution in [-0.2, 0) is 11.3 Å². The third-order valence-electron chi connectivity index (χ3n) is 3.16. The summed E-state index contributed by atoms with van der Waals surface area (Å²) in [5.74, 6) is 0.382. The van der Waals surface area contributed by atoms with Crippen LogP contribution in [0.25, 0.3) is 0 Å². The average molecular weight is 329 g/mol. The average Bonchev–Trinajstić information content (AvgIpc) is 2.94. The third-order valence-corrected chi connectivity index (χ3v) is 3.16. The molecule has 7 nitrogen and oxygen atoms in total. The monoisotopic (exact) mass is 329 g/mol. The summed E-state index contributed by atoms with van der Waals surface area (Å²) in [7, 11) is 0. The van der Waals surface area contributed by atoms with Gasteiger partial charge >= 0.3 is 6.03 Å². The van der Waals surface area contributed by atoms with Crippen molar-refractivity contribution in [2.75, 3.05) is 11.9 Å². The number of urea groups is 1. The minimum absolute atomic E-state index is 0.0857. The normalized spacial score (nSPS) is 10.5. The number of nitrogens with one attached hydrogen (secondary N) is 3. The van der Waals surface area contributed by atoms with Crippen molar-refractivity contribution in [3.63, 3.8) is 0 Å². The molecule has 0 atom stereocenters. The summed E-state index contributed by atoms with van der Waals surface area (Å²) < 4.78 is 1.75. The minimum Gasteiger partial charge on any atom is -0.354 e. The Hall–Kier alpha value is -2.83. The fourth-order valence-corrected chi connectivity index (χ4v) is 2.13. The third kappa shape index (κ3) is 6.12. The number of carbonyl (C=O) groups is 2. The van der Waals surface area contributed by atoms with Crippen LogP contribution in [-0.4, -0.2) is 34.3 Å². The largest absolute Gasteiger partial charge is 0.354 e. The van der Waals surface area contributed by atoms with E-state index >= 15 is 0 Å². The lowest BCUT2D eigenvalue weighted by molar-refractivity contribution is -0.121. The number of benzene rings is 1. The molecule has 3 N–H and O–H groups in total. The topological polar surface area (TPSA) is 88.0 Å². The Kier molecular flexibility index (Phi) is 6.36. The Morgan fingerprint density at radius 2 is 1.92 bits per heavy atom. The standard InChI is InChI=1S/C17H23N5O2/c1-13(2)19-16(23)8-10-18-17(24)20-15-9-11-22(21-15)12-14-6-4-3-5-7-14/h3-7,9,11,13H,8,10,12H2,1-2H3,(H,19,23)(H2,18,20,21,24). The van der Waals surface area contributed by atoms with Crippen molar-refractivity contribution in [3.05, 3.63) is 48.2 Å². The highest BCUT2D eigenvalue weighted by Crippen LogP contribution is 2.06. The zero-order valence-electron chi connectivity index (χ0n) is 14.0. The van der Waals surface area contributed by atoms with Crippen LogP contribution in [0.1, 0.15) is 25.8 Å². The van der Waals surface area contributed by atoms with Gasteiger partial charge in [-0.25, -0.2) is 4.79 Å². The predicted molar refractivity (Wildman–Crippen MR) is 92.7 cm³/mol. The smallest absolute Gasteiger partial charge is 0.320 e. The lowest BCUT2D eigenvalue weighted by Crippen LogP contribution is -2.35. The fraction of sp³-hybridized carbons (Fsp3) is 0.353. The van der Waals surface area contributed by atoms with E-state index in [-0.39, 0.29) is 30.9 Å². The molecule has 0 fully saturated rings. The van der Waals surface area contributed by atoms with Gasteiger partial charge in [0.1, 0.15) is 0 Å². The van der Waals surface area contributed by atoms with E-state index in [1.807, 2.05) is 44.2 Å². The summed E-state index contributed by atoms with van der Waals surface area (Å²) >= 11 is 0. The summed E-state index contributed by atoms with van der Waals surface area (Å²) in [5, 5.41) is 12.3. The van der Waals surface area contributed by atoms with Crippen LogP contribution in [0.5, 0.6) is 0 Å². The van der Waals surface area contributed by atoms with Crippen molar-refractivity contribution >= 4 is 17.8 Å². The van der Waals surface area contributed by atoms with E-state index in [9.17, 15) is 9.59 Å². The van der Waals surface area contributed by atoms with Gasteiger partial charge in [0, 0.05) is 31.3 Å². The molecule has 128 valence electrons. The van der Waals surface area contributed by atoms with Crippen molar-refractivity contribution < 1.29 is 9.59 Å². The summed E-state index contributed by atoms with van der Waals surface area (Å²) in [6, 6.07) is 11.4. The van der Waals surface area contributed by atoms with Crippen LogP contribution >= 0.6 is 0 Å². The maximum Gasteiger partial charge on any atom is 0.320 e. The van der Waals surface area contributed by atoms with Crippen LogP contribution in [0.3, 0.4) is 0 Å². The van der Waals surface area contributed by atoms with Gasteiger partial charge < -0.3 is 10.6 Å². The first-order valence-corrected chi connectivity index (χ1v) is 7.94. The SMILES string of the molecule is CC(C)NC(=O)CCNC(=O)Nc1ccn(Cc2ccccc2)n1. The Morgan fingerprint density at radius 3 is 2.62 bits per heavy atom. The maximum atomic E-state index is 11.8. The van der Waals surface area contributed by atoms with Crippen molar-refractivity contribution in [1.29, 1.82) is 0 Å². The molecule has 3 amide bonds. The number of hydrogen-bond donors (Lipinski definition) is 3. The van der Waals surface area contributed by atoms with Crippen LogP contribution in [0.4, 0.5) is 10.6 Å². The molecule has 0 saturated carbocycles. The number of nitrogens with zero attached hydrogens (tertiary/aromatic N) is 2. The molecule has 7 heteroatoms. The van der Waals surface area contributed by atoms with Crippen LogP contribution in [0.2, 0.25) is 0 Å². The van der Waals surface area contributed by atoms with Crippen molar-refractivity contribution in [1.82, 2.24) is 20.4 Å². The van der Waals surface area contributed by atoms with E-state index in [0.29, 0.717) is 12.4 Å². The number of carbonyl (C=O) groups excluding carboxylic acids is 2.